The highest BCUT2D eigenvalue weighted by Gasteiger charge is 2.33. The van der Waals surface area contributed by atoms with E-state index >= 15 is 0 Å². The van der Waals surface area contributed by atoms with Crippen LogP contribution >= 0.6 is 11.3 Å². The van der Waals surface area contributed by atoms with E-state index in [4.69, 9.17) is 4.74 Å². The van der Waals surface area contributed by atoms with Crippen LogP contribution in [0.4, 0.5) is 0 Å². The van der Waals surface area contributed by atoms with Crippen molar-refractivity contribution >= 4 is 43.3 Å². The molecule has 0 radical (unpaired) electrons. The van der Waals surface area contributed by atoms with Crippen LogP contribution in [0, 0.1) is 13.8 Å². The van der Waals surface area contributed by atoms with Gasteiger partial charge in [0.2, 0.25) is 0 Å². The Bertz CT molecular complexity index is 1270. The Hall–Kier alpha value is -2.72. The molecular formula is C22H25N3O5S2. The van der Waals surface area contributed by atoms with E-state index < -0.39 is 28.3 Å². The number of likely N-dealkylation sites (N-methyl/N-ethyl adjacent to an activating group) is 1. The monoisotopic (exact) mass is 475 g/mol. The number of ether oxygens (including phenoxy) is 1. The predicted octanol–water partition coefficient (Wildman–Crippen LogP) is 2.57. The predicted molar refractivity (Wildman–Crippen MR) is 123 cm³/mol. The fourth-order valence-corrected chi connectivity index (χ4v) is 6.60. The van der Waals surface area contributed by atoms with Crippen LogP contribution in [0.25, 0.3) is 10.2 Å². The lowest BCUT2D eigenvalue weighted by atomic mass is 10.1. The van der Waals surface area contributed by atoms with Crippen molar-refractivity contribution in [2.45, 2.75) is 32.9 Å². The lowest BCUT2D eigenvalue weighted by molar-refractivity contribution is -0.134. The molecule has 10 heteroatoms. The molecular weight excluding hydrogens is 450 g/mol. The summed E-state index contributed by atoms with van der Waals surface area (Å²) in [5, 5.41) is 5.47. The molecule has 0 saturated carbocycles. The molecule has 1 amide bonds. The van der Waals surface area contributed by atoms with Crippen LogP contribution in [0.5, 0.6) is 0 Å². The molecule has 170 valence electrons. The summed E-state index contributed by atoms with van der Waals surface area (Å²) < 4.78 is 30.4. The van der Waals surface area contributed by atoms with Crippen molar-refractivity contribution in [1.82, 2.24) is 14.7 Å². The largest absolute Gasteiger partial charge is 0.451 e. The highest BCUT2D eigenvalue weighted by molar-refractivity contribution is 7.91. The normalized spacial score (nSPS) is 17.5. The van der Waals surface area contributed by atoms with Crippen LogP contribution < -0.4 is 0 Å². The maximum Gasteiger partial charge on any atom is 0.348 e. The molecule has 8 nitrogen and oxygen atoms in total. The van der Waals surface area contributed by atoms with Crippen molar-refractivity contribution < 1.29 is 22.7 Å². The smallest absolute Gasteiger partial charge is 0.348 e. The Kier molecular flexibility index (Phi) is 6.09. The van der Waals surface area contributed by atoms with E-state index in [9.17, 15) is 18.0 Å². The van der Waals surface area contributed by atoms with Gasteiger partial charge in [-0.2, -0.15) is 5.10 Å². The number of aryl methyl sites for hydroxylation is 2. The van der Waals surface area contributed by atoms with Gasteiger partial charge in [-0.05, 0) is 31.9 Å². The van der Waals surface area contributed by atoms with Crippen molar-refractivity contribution in [3.63, 3.8) is 0 Å². The van der Waals surface area contributed by atoms with Gasteiger partial charge in [-0.1, -0.05) is 29.8 Å². The van der Waals surface area contributed by atoms with Crippen LogP contribution in [0.3, 0.4) is 0 Å². The Labute approximate surface area is 190 Å². The minimum absolute atomic E-state index is 0.0454. The molecule has 1 atom stereocenters. The number of thiophene rings is 1. The molecule has 1 aromatic carbocycles. The first kappa shape index (κ1) is 22.5. The van der Waals surface area contributed by atoms with Crippen molar-refractivity contribution in [3.05, 3.63) is 52.0 Å². The van der Waals surface area contributed by atoms with Crippen LogP contribution in [0.1, 0.15) is 32.9 Å². The lowest BCUT2D eigenvalue weighted by Gasteiger charge is -2.23. The summed E-state index contributed by atoms with van der Waals surface area (Å²) in [5.74, 6) is -0.955. The summed E-state index contributed by atoms with van der Waals surface area (Å²) in [7, 11) is -1.55. The highest BCUT2D eigenvalue weighted by Crippen LogP contribution is 2.29. The third kappa shape index (κ3) is 4.71. The SMILES string of the molecule is Cc1ccc(Cn2nc(C)c3cc(C(=O)OCC(=O)N(C)C4CCS(=O)(=O)C4)sc32)cc1. The molecule has 0 aliphatic carbocycles. The van der Waals surface area contributed by atoms with E-state index in [1.54, 1.807) is 13.1 Å². The van der Waals surface area contributed by atoms with Gasteiger partial charge in [0.15, 0.2) is 16.4 Å². The van der Waals surface area contributed by atoms with E-state index in [2.05, 4.69) is 29.4 Å². The summed E-state index contributed by atoms with van der Waals surface area (Å²) in [6, 6.07) is 9.58. The zero-order valence-corrected chi connectivity index (χ0v) is 19.8. The first-order chi connectivity index (χ1) is 15.1. The van der Waals surface area contributed by atoms with Gasteiger partial charge in [0.05, 0.1) is 23.7 Å². The Morgan fingerprint density at radius 2 is 1.97 bits per heavy atom. The number of esters is 1. The molecule has 0 bridgehead atoms. The third-order valence-electron chi connectivity index (χ3n) is 5.74. The maximum atomic E-state index is 12.6. The van der Waals surface area contributed by atoms with E-state index in [1.807, 2.05) is 18.5 Å². The molecule has 1 unspecified atom stereocenters. The van der Waals surface area contributed by atoms with Crippen LogP contribution in [-0.4, -0.2) is 66.2 Å². The number of hydrogen-bond donors (Lipinski definition) is 0. The average molecular weight is 476 g/mol. The van der Waals surface area contributed by atoms with Gasteiger partial charge in [0.25, 0.3) is 5.91 Å². The summed E-state index contributed by atoms with van der Waals surface area (Å²) in [4.78, 5) is 27.6. The third-order valence-corrected chi connectivity index (χ3v) is 8.62. The number of rotatable bonds is 6. The number of hydrogen-bond acceptors (Lipinski definition) is 7. The first-order valence-electron chi connectivity index (χ1n) is 10.3. The van der Waals surface area contributed by atoms with Crippen LogP contribution in [0.15, 0.2) is 30.3 Å². The molecule has 32 heavy (non-hydrogen) atoms. The standard InChI is InChI=1S/C22H25N3O5S2/c1-14-4-6-16(7-5-14)11-25-21-18(15(2)23-25)10-19(31-21)22(27)30-12-20(26)24(3)17-8-9-32(28,29)13-17/h4-7,10,17H,8-9,11-13H2,1-3H3. The van der Waals surface area contributed by atoms with Crippen molar-refractivity contribution in [1.29, 1.82) is 0 Å². The van der Waals surface area contributed by atoms with E-state index in [-0.39, 0.29) is 17.5 Å². The summed E-state index contributed by atoms with van der Waals surface area (Å²) in [6.45, 7) is 4.10. The van der Waals surface area contributed by atoms with Gasteiger partial charge in [-0.3, -0.25) is 9.48 Å². The van der Waals surface area contributed by atoms with Gasteiger partial charge < -0.3 is 9.64 Å². The lowest BCUT2D eigenvalue weighted by Crippen LogP contribution is -2.40. The molecule has 1 saturated heterocycles. The number of carbonyl (C=O) groups excluding carboxylic acids is 2. The second kappa shape index (κ2) is 8.67. The van der Waals surface area contributed by atoms with Crippen LogP contribution in [-0.2, 0) is 25.9 Å². The molecule has 1 aliphatic rings. The Morgan fingerprint density at radius 1 is 1.25 bits per heavy atom. The van der Waals surface area contributed by atoms with Crippen LogP contribution in [0.2, 0.25) is 0 Å². The van der Waals surface area contributed by atoms with Crippen molar-refractivity contribution in [2.24, 2.45) is 0 Å². The highest BCUT2D eigenvalue weighted by atomic mass is 32.2. The molecule has 0 spiro atoms. The second-order valence-electron chi connectivity index (χ2n) is 8.20. The van der Waals surface area contributed by atoms with Gasteiger partial charge >= 0.3 is 5.97 Å². The number of carbonyl (C=O) groups is 2. The number of benzene rings is 1. The quantitative estimate of drug-likeness (QED) is 0.508. The summed E-state index contributed by atoms with van der Waals surface area (Å²) >= 11 is 1.28. The van der Waals surface area contributed by atoms with Gasteiger partial charge in [-0.25, -0.2) is 13.2 Å². The number of aromatic nitrogens is 2. The van der Waals surface area contributed by atoms with Crippen molar-refractivity contribution in [3.8, 4) is 0 Å². The van der Waals surface area contributed by atoms with E-state index in [1.165, 1.54) is 21.8 Å². The number of nitrogens with zero attached hydrogens (tertiary/aromatic N) is 3. The Morgan fingerprint density at radius 3 is 2.62 bits per heavy atom. The fraction of sp³-hybridized carbons (Fsp3) is 0.409. The zero-order valence-electron chi connectivity index (χ0n) is 18.2. The fourth-order valence-electron chi connectivity index (χ4n) is 3.77. The van der Waals surface area contributed by atoms with Gasteiger partial charge in [-0.15, -0.1) is 11.3 Å². The number of amides is 1. The summed E-state index contributed by atoms with van der Waals surface area (Å²) in [5.41, 5.74) is 3.12. The summed E-state index contributed by atoms with van der Waals surface area (Å²) in [6.07, 6.45) is 0.408. The minimum Gasteiger partial charge on any atom is -0.451 e. The molecule has 2 aromatic heterocycles. The first-order valence-corrected chi connectivity index (χ1v) is 12.9. The Balaban J connectivity index is 1.42. The number of fused-ring (bicyclic) bond motifs is 1. The van der Waals surface area contributed by atoms with Gasteiger partial charge in [0, 0.05) is 18.5 Å². The van der Waals surface area contributed by atoms with E-state index in [0.717, 1.165) is 21.5 Å². The maximum absolute atomic E-state index is 12.6. The van der Waals surface area contributed by atoms with Gasteiger partial charge in [0.1, 0.15) is 9.71 Å². The average Bonchev–Trinajstić information content (AvgIpc) is 3.42. The molecule has 1 aliphatic heterocycles. The van der Waals surface area contributed by atoms with Crippen molar-refractivity contribution in [2.75, 3.05) is 25.2 Å². The number of sulfone groups is 1. The minimum atomic E-state index is -3.10. The zero-order chi connectivity index (χ0) is 23.0. The van der Waals surface area contributed by atoms with E-state index in [0.29, 0.717) is 17.8 Å². The molecule has 3 heterocycles. The molecule has 4 rings (SSSR count). The molecule has 1 fully saturated rings. The molecule has 0 N–H and O–H groups in total. The second-order valence-corrected chi connectivity index (χ2v) is 11.5. The topological polar surface area (TPSA) is 98.6 Å². The molecule has 3 aromatic rings.